The zero-order chi connectivity index (χ0) is 23.5. The SMILES string of the molecule is Cc1ccc(N(C(=O)n2nnn(-c3ccccc3C#N)c2=O)C2CCCCC2)cc1C(=O)O. The van der Waals surface area contributed by atoms with Crippen LogP contribution in [0.15, 0.2) is 47.3 Å². The Morgan fingerprint density at radius 1 is 1.12 bits per heavy atom. The van der Waals surface area contributed by atoms with Crippen LogP contribution in [0.5, 0.6) is 0 Å². The average Bonchev–Trinajstić information content (AvgIpc) is 3.21. The number of anilines is 1. The molecule has 1 saturated carbocycles. The van der Waals surface area contributed by atoms with Gasteiger partial charge in [0.1, 0.15) is 6.07 Å². The van der Waals surface area contributed by atoms with Gasteiger partial charge in [0.25, 0.3) is 0 Å². The first kappa shape index (κ1) is 22.0. The molecule has 0 bridgehead atoms. The molecule has 1 aliphatic carbocycles. The zero-order valence-corrected chi connectivity index (χ0v) is 18.0. The number of amides is 1. The molecule has 0 saturated heterocycles. The van der Waals surface area contributed by atoms with E-state index in [1.165, 1.54) is 17.0 Å². The molecule has 0 aliphatic heterocycles. The van der Waals surface area contributed by atoms with Gasteiger partial charge in [-0.2, -0.15) is 9.94 Å². The highest BCUT2D eigenvalue weighted by molar-refractivity contribution is 5.96. The largest absolute Gasteiger partial charge is 0.478 e. The molecule has 1 fully saturated rings. The number of aromatic nitrogens is 4. The summed E-state index contributed by atoms with van der Waals surface area (Å²) in [4.78, 5) is 39.8. The minimum Gasteiger partial charge on any atom is -0.478 e. The van der Waals surface area contributed by atoms with Crippen molar-refractivity contribution < 1.29 is 14.7 Å². The van der Waals surface area contributed by atoms with Crippen LogP contribution >= 0.6 is 0 Å². The lowest BCUT2D eigenvalue weighted by molar-refractivity contribution is 0.0696. The Morgan fingerprint density at radius 2 is 1.85 bits per heavy atom. The number of carbonyl (C=O) groups excluding carboxylic acids is 1. The highest BCUT2D eigenvalue weighted by Gasteiger charge is 2.31. The number of para-hydroxylation sites is 1. The zero-order valence-electron chi connectivity index (χ0n) is 18.0. The first-order valence-corrected chi connectivity index (χ1v) is 10.6. The predicted molar refractivity (Wildman–Crippen MR) is 119 cm³/mol. The summed E-state index contributed by atoms with van der Waals surface area (Å²) in [7, 11) is 0. The highest BCUT2D eigenvalue weighted by Crippen LogP contribution is 2.29. The number of carbonyl (C=O) groups is 2. The minimum atomic E-state index is -1.10. The number of hydrogen-bond acceptors (Lipinski definition) is 6. The van der Waals surface area contributed by atoms with E-state index in [0.717, 1.165) is 36.8 Å². The van der Waals surface area contributed by atoms with Gasteiger partial charge in [0, 0.05) is 11.7 Å². The molecular weight excluding hydrogens is 424 g/mol. The summed E-state index contributed by atoms with van der Waals surface area (Å²) in [6.45, 7) is 1.68. The summed E-state index contributed by atoms with van der Waals surface area (Å²) in [5, 5.41) is 26.5. The lowest BCUT2D eigenvalue weighted by Crippen LogP contribution is -2.47. The van der Waals surface area contributed by atoms with Crippen LogP contribution in [0, 0.1) is 18.3 Å². The summed E-state index contributed by atoms with van der Waals surface area (Å²) >= 11 is 0. The lowest BCUT2D eigenvalue weighted by atomic mass is 9.93. The molecule has 0 unspecified atom stereocenters. The topological polar surface area (TPSA) is 134 Å². The quantitative estimate of drug-likeness (QED) is 0.609. The monoisotopic (exact) mass is 446 g/mol. The van der Waals surface area contributed by atoms with Crippen molar-refractivity contribution in [1.29, 1.82) is 5.26 Å². The van der Waals surface area contributed by atoms with Gasteiger partial charge in [-0.1, -0.05) is 37.5 Å². The molecule has 10 nitrogen and oxygen atoms in total. The van der Waals surface area contributed by atoms with E-state index in [1.807, 2.05) is 6.07 Å². The number of nitrogens with zero attached hydrogens (tertiary/aromatic N) is 6. The van der Waals surface area contributed by atoms with Crippen molar-refractivity contribution in [2.75, 3.05) is 4.90 Å². The molecule has 33 heavy (non-hydrogen) atoms. The average molecular weight is 446 g/mol. The number of benzene rings is 2. The van der Waals surface area contributed by atoms with E-state index >= 15 is 0 Å². The van der Waals surface area contributed by atoms with Crippen molar-refractivity contribution in [3.63, 3.8) is 0 Å². The first-order valence-electron chi connectivity index (χ1n) is 10.6. The molecule has 10 heteroatoms. The summed E-state index contributed by atoms with van der Waals surface area (Å²) in [6.07, 6.45) is 4.34. The predicted octanol–water partition coefficient (Wildman–Crippen LogP) is 3.11. The van der Waals surface area contributed by atoms with E-state index in [-0.39, 0.29) is 22.9 Å². The maximum Gasteiger partial charge on any atom is 0.377 e. The van der Waals surface area contributed by atoms with Gasteiger partial charge < -0.3 is 5.11 Å². The molecule has 1 N–H and O–H groups in total. The fraction of sp³-hybridized carbons (Fsp3) is 0.304. The van der Waals surface area contributed by atoms with Crippen molar-refractivity contribution in [3.05, 3.63) is 69.6 Å². The number of carboxylic acids is 1. The Balaban J connectivity index is 1.80. The Hall–Kier alpha value is -4.26. The molecule has 0 atom stereocenters. The van der Waals surface area contributed by atoms with Gasteiger partial charge in [0.15, 0.2) is 0 Å². The summed E-state index contributed by atoms with van der Waals surface area (Å²) in [6, 6.07) is 12.2. The van der Waals surface area contributed by atoms with Gasteiger partial charge in [-0.25, -0.2) is 14.4 Å². The third kappa shape index (κ3) is 4.13. The molecule has 1 aliphatic rings. The van der Waals surface area contributed by atoms with E-state index in [2.05, 4.69) is 10.4 Å². The van der Waals surface area contributed by atoms with Crippen molar-refractivity contribution in [3.8, 4) is 11.8 Å². The van der Waals surface area contributed by atoms with Gasteiger partial charge in [0.05, 0.1) is 16.8 Å². The molecular formula is C23H22N6O4. The van der Waals surface area contributed by atoms with Gasteiger partial charge >= 0.3 is 17.7 Å². The van der Waals surface area contributed by atoms with E-state index in [4.69, 9.17) is 0 Å². The maximum absolute atomic E-state index is 13.6. The van der Waals surface area contributed by atoms with Crippen molar-refractivity contribution in [2.45, 2.75) is 45.1 Å². The van der Waals surface area contributed by atoms with Crippen molar-refractivity contribution in [2.24, 2.45) is 0 Å². The number of nitriles is 1. The molecule has 0 spiro atoms. The smallest absolute Gasteiger partial charge is 0.377 e. The first-order chi connectivity index (χ1) is 15.9. The van der Waals surface area contributed by atoms with Crippen LogP contribution in [-0.2, 0) is 0 Å². The molecule has 1 amide bonds. The number of aromatic carboxylic acids is 1. The second kappa shape index (κ2) is 9.08. The van der Waals surface area contributed by atoms with E-state index < -0.39 is 17.7 Å². The maximum atomic E-state index is 13.6. The van der Waals surface area contributed by atoms with Crippen LogP contribution in [-0.4, -0.2) is 42.9 Å². The van der Waals surface area contributed by atoms with Crippen LogP contribution in [0.3, 0.4) is 0 Å². The Morgan fingerprint density at radius 3 is 2.55 bits per heavy atom. The Labute approximate surface area is 189 Å². The van der Waals surface area contributed by atoms with Crippen LogP contribution in [0.25, 0.3) is 5.69 Å². The van der Waals surface area contributed by atoms with Gasteiger partial charge in [-0.3, -0.25) is 4.90 Å². The summed E-state index contributed by atoms with van der Waals surface area (Å²) < 4.78 is 1.57. The third-order valence-corrected chi connectivity index (χ3v) is 5.89. The van der Waals surface area contributed by atoms with E-state index in [9.17, 15) is 24.8 Å². The second-order valence-corrected chi connectivity index (χ2v) is 7.96. The van der Waals surface area contributed by atoms with Crippen molar-refractivity contribution >= 4 is 17.7 Å². The number of hydrogen-bond donors (Lipinski definition) is 1. The fourth-order valence-corrected chi connectivity index (χ4v) is 4.18. The standard InChI is InChI=1S/C23H22N6O4/c1-15-11-12-18(13-19(15)21(30)31)27(17-8-3-2-4-9-17)22(32)29-23(33)28(25-26-29)20-10-6-5-7-16(20)14-24/h5-7,10-13,17H,2-4,8-9H2,1H3,(H,30,31). The van der Waals surface area contributed by atoms with Crippen LogP contribution in [0.1, 0.15) is 53.6 Å². The molecule has 168 valence electrons. The molecule has 3 aromatic rings. The van der Waals surface area contributed by atoms with E-state index in [0.29, 0.717) is 15.9 Å². The van der Waals surface area contributed by atoms with Gasteiger partial charge in [0.2, 0.25) is 0 Å². The van der Waals surface area contributed by atoms with Crippen LogP contribution in [0.2, 0.25) is 0 Å². The normalized spacial score (nSPS) is 13.9. The summed E-state index contributed by atoms with van der Waals surface area (Å²) in [5.41, 5.74) is 0.658. The number of rotatable bonds is 4. The molecule has 2 aromatic carbocycles. The summed E-state index contributed by atoms with van der Waals surface area (Å²) in [5.74, 6) is -1.10. The second-order valence-electron chi connectivity index (χ2n) is 7.96. The Bertz CT molecular complexity index is 1310. The molecule has 1 heterocycles. The fourth-order valence-electron chi connectivity index (χ4n) is 4.18. The van der Waals surface area contributed by atoms with Crippen molar-refractivity contribution in [1.82, 2.24) is 19.8 Å². The van der Waals surface area contributed by atoms with Crippen LogP contribution < -0.4 is 10.6 Å². The van der Waals surface area contributed by atoms with E-state index in [1.54, 1.807) is 37.3 Å². The van der Waals surface area contributed by atoms with Gasteiger partial charge in [-0.15, -0.1) is 4.68 Å². The molecule has 0 radical (unpaired) electrons. The molecule has 4 rings (SSSR count). The Kier molecular flexibility index (Phi) is 6.04. The molecule has 1 aromatic heterocycles. The van der Waals surface area contributed by atoms with Crippen LogP contribution in [0.4, 0.5) is 10.5 Å². The minimum absolute atomic E-state index is 0.0834. The number of aryl methyl sites for hydroxylation is 1. The third-order valence-electron chi connectivity index (χ3n) is 5.89. The van der Waals surface area contributed by atoms with Gasteiger partial charge in [-0.05, 0) is 60.0 Å². The number of carboxylic acid groups (broad SMARTS) is 1. The highest BCUT2D eigenvalue weighted by atomic mass is 16.4. The lowest BCUT2D eigenvalue weighted by Gasteiger charge is -2.33. The number of tetrazole rings is 1.